The number of piperidine rings is 1. The first-order chi connectivity index (χ1) is 13.8. The predicted molar refractivity (Wildman–Crippen MR) is 117 cm³/mol. The van der Waals surface area contributed by atoms with Crippen LogP contribution < -0.4 is 10.1 Å². The SMILES string of the molecule is COc1ccc2cc(CN3CCC(c4nnc5n4CCNC5)CC3)ccc2c1.Cl. The molecule has 2 aliphatic heterocycles. The Hall–Kier alpha value is -2.15. The Morgan fingerprint density at radius 2 is 1.83 bits per heavy atom. The van der Waals surface area contributed by atoms with Gasteiger partial charge in [0.2, 0.25) is 0 Å². The number of fused-ring (bicyclic) bond motifs is 2. The number of rotatable bonds is 4. The lowest BCUT2D eigenvalue weighted by atomic mass is 9.95. The number of halogens is 1. The van der Waals surface area contributed by atoms with Gasteiger partial charge in [0.1, 0.15) is 17.4 Å². The van der Waals surface area contributed by atoms with Gasteiger partial charge in [0.15, 0.2) is 0 Å². The molecule has 3 heterocycles. The third-order valence-corrected chi connectivity index (χ3v) is 6.12. The second-order valence-electron chi connectivity index (χ2n) is 7.90. The van der Waals surface area contributed by atoms with Crippen LogP contribution in [0, 0.1) is 0 Å². The standard InChI is InChI=1S/C22H27N5O.ClH/c1-28-20-5-4-18-12-16(2-3-19(18)13-20)15-26-9-6-17(7-10-26)22-25-24-21-14-23-8-11-27(21)22;/h2-5,12-13,17,23H,6-11,14-15H2,1H3;1H. The zero-order valence-corrected chi connectivity index (χ0v) is 17.6. The largest absolute Gasteiger partial charge is 0.497 e. The first-order valence-corrected chi connectivity index (χ1v) is 10.2. The van der Waals surface area contributed by atoms with Crippen molar-refractivity contribution in [1.82, 2.24) is 25.0 Å². The Labute approximate surface area is 177 Å². The molecular formula is C22H28ClN5O. The van der Waals surface area contributed by atoms with Gasteiger partial charge in [-0.2, -0.15) is 0 Å². The smallest absolute Gasteiger partial charge is 0.147 e. The lowest BCUT2D eigenvalue weighted by Crippen LogP contribution is -2.34. The van der Waals surface area contributed by atoms with E-state index in [1.165, 1.54) is 22.2 Å². The topological polar surface area (TPSA) is 55.2 Å². The Bertz CT molecular complexity index is 980. The summed E-state index contributed by atoms with van der Waals surface area (Å²) >= 11 is 0. The monoisotopic (exact) mass is 413 g/mol. The number of aromatic nitrogens is 3. The summed E-state index contributed by atoms with van der Waals surface area (Å²) in [7, 11) is 1.71. The van der Waals surface area contributed by atoms with Crippen LogP contribution in [-0.4, -0.2) is 46.4 Å². The fraction of sp³-hybridized carbons (Fsp3) is 0.455. The zero-order chi connectivity index (χ0) is 18.9. The van der Waals surface area contributed by atoms with Crippen LogP contribution in [-0.2, 0) is 19.6 Å². The van der Waals surface area contributed by atoms with Crippen LogP contribution in [0.2, 0.25) is 0 Å². The molecule has 2 aliphatic rings. The molecular weight excluding hydrogens is 386 g/mol. The fourth-order valence-electron chi connectivity index (χ4n) is 4.52. The fourth-order valence-corrected chi connectivity index (χ4v) is 4.52. The first kappa shape index (κ1) is 20.1. The van der Waals surface area contributed by atoms with Gasteiger partial charge in [-0.1, -0.05) is 18.2 Å². The number of ether oxygens (including phenoxy) is 1. The molecule has 0 saturated carbocycles. The van der Waals surface area contributed by atoms with Gasteiger partial charge in [-0.15, -0.1) is 22.6 Å². The maximum absolute atomic E-state index is 5.33. The summed E-state index contributed by atoms with van der Waals surface area (Å²) in [5.74, 6) is 3.75. The molecule has 0 amide bonds. The Kier molecular flexibility index (Phi) is 6.04. The predicted octanol–water partition coefficient (Wildman–Crippen LogP) is 3.34. The maximum atomic E-state index is 5.33. The van der Waals surface area contributed by atoms with Crippen LogP contribution in [0.25, 0.3) is 10.8 Å². The Morgan fingerprint density at radius 3 is 2.66 bits per heavy atom. The minimum atomic E-state index is 0. The molecule has 7 heteroatoms. The van der Waals surface area contributed by atoms with Crippen LogP contribution in [0.4, 0.5) is 0 Å². The normalized spacial score (nSPS) is 17.7. The van der Waals surface area contributed by atoms with Crippen molar-refractivity contribution < 1.29 is 4.74 Å². The van der Waals surface area contributed by atoms with Crippen molar-refractivity contribution in [2.24, 2.45) is 0 Å². The minimum Gasteiger partial charge on any atom is -0.497 e. The summed E-state index contributed by atoms with van der Waals surface area (Å²) < 4.78 is 7.67. The molecule has 0 atom stereocenters. The van der Waals surface area contributed by atoms with Gasteiger partial charge in [-0.05, 0) is 60.5 Å². The number of benzene rings is 2. The first-order valence-electron chi connectivity index (χ1n) is 10.2. The van der Waals surface area contributed by atoms with E-state index in [1.807, 2.05) is 6.07 Å². The molecule has 5 rings (SSSR count). The third kappa shape index (κ3) is 4.10. The molecule has 0 bridgehead atoms. The molecule has 0 radical (unpaired) electrons. The molecule has 0 unspecified atom stereocenters. The van der Waals surface area contributed by atoms with E-state index in [2.05, 4.69) is 55.3 Å². The van der Waals surface area contributed by atoms with Crippen LogP contribution >= 0.6 is 12.4 Å². The molecule has 3 aromatic rings. The van der Waals surface area contributed by atoms with Crippen molar-refractivity contribution in [1.29, 1.82) is 0 Å². The second kappa shape index (κ2) is 8.69. The van der Waals surface area contributed by atoms with Gasteiger partial charge in [0.05, 0.1) is 13.7 Å². The minimum absolute atomic E-state index is 0. The second-order valence-corrected chi connectivity index (χ2v) is 7.90. The van der Waals surface area contributed by atoms with Gasteiger partial charge >= 0.3 is 0 Å². The highest BCUT2D eigenvalue weighted by Crippen LogP contribution is 2.29. The van der Waals surface area contributed by atoms with Crippen molar-refractivity contribution in [3.05, 3.63) is 53.6 Å². The molecule has 1 fully saturated rings. The van der Waals surface area contributed by atoms with E-state index in [4.69, 9.17) is 4.74 Å². The van der Waals surface area contributed by atoms with Crippen molar-refractivity contribution in [2.75, 3.05) is 26.7 Å². The average molecular weight is 414 g/mol. The van der Waals surface area contributed by atoms with Crippen LogP contribution in [0.15, 0.2) is 36.4 Å². The highest BCUT2D eigenvalue weighted by atomic mass is 35.5. The van der Waals surface area contributed by atoms with Crippen molar-refractivity contribution in [2.45, 2.75) is 38.4 Å². The quantitative estimate of drug-likeness (QED) is 0.710. The highest BCUT2D eigenvalue weighted by molar-refractivity contribution is 5.85. The molecule has 1 N–H and O–H groups in total. The summed E-state index contributed by atoms with van der Waals surface area (Å²) in [6.07, 6.45) is 2.33. The summed E-state index contributed by atoms with van der Waals surface area (Å²) in [5, 5.41) is 14.8. The molecule has 6 nitrogen and oxygen atoms in total. The van der Waals surface area contributed by atoms with Gasteiger partial charge in [-0.25, -0.2) is 0 Å². The third-order valence-electron chi connectivity index (χ3n) is 6.12. The van der Waals surface area contributed by atoms with Crippen LogP contribution in [0.3, 0.4) is 0 Å². The van der Waals surface area contributed by atoms with Crippen molar-refractivity contribution >= 4 is 23.2 Å². The summed E-state index contributed by atoms with van der Waals surface area (Å²) in [4.78, 5) is 2.57. The Balaban J connectivity index is 0.00000205. The highest BCUT2D eigenvalue weighted by Gasteiger charge is 2.27. The molecule has 0 spiro atoms. The number of hydrogen-bond donors (Lipinski definition) is 1. The molecule has 29 heavy (non-hydrogen) atoms. The van der Waals surface area contributed by atoms with Gasteiger partial charge < -0.3 is 14.6 Å². The lowest BCUT2D eigenvalue weighted by molar-refractivity contribution is 0.199. The number of hydrogen-bond acceptors (Lipinski definition) is 5. The average Bonchev–Trinajstić information content (AvgIpc) is 3.18. The molecule has 154 valence electrons. The molecule has 0 aliphatic carbocycles. The van der Waals surface area contributed by atoms with Crippen LogP contribution in [0.1, 0.15) is 36.0 Å². The van der Waals surface area contributed by atoms with E-state index in [-0.39, 0.29) is 12.4 Å². The van der Waals surface area contributed by atoms with E-state index in [0.29, 0.717) is 5.92 Å². The van der Waals surface area contributed by atoms with E-state index < -0.39 is 0 Å². The van der Waals surface area contributed by atoms with E-state index in [1.54, 1.807) is 7.11 Å². The molecule has 2 aromatic carbocycles. The summed E-state index contributed by atoms with van der Waals surface area (Å²) in [6.45, 7) is 6.11. The van der Waals surface area contributed by atoms with E-state index in [0.717, 1.165) is 63.7 Å². The van der Waals surface area contributed by atoms with Crippen LogP contribution in [0.5, 0.6) is 5.75 Å². The number of methoxy groups -OCH3 is 1. The van der Waals surface area contributed by atoms with Gasteiger partial charge in [0, 0.05) is 25.6 Å². The maximum Gasteiger partial charge on any atom is 0.147 e. The van der Waals surface area contributed by atoms with E-state index in [9.17, 15) is 0 Å². The lowest BCUT2D eigenvalue weighted by Gasteiger charge is -2.32. The zero-order valence-electron chi connectivity index (χ0n) is 16.8. The van der Waals surface area contributed by atoms with Crippen molar-refractivity contribution in [3.63, 3.8) is 0 Å². The molecule has 1 saturated heterocycles. The van der Waals surface area contributed by atoms with Crippen molar-refractivity contribution in [3.8, 4) is 5.75 Å². The Morgan fingerprint density at radius 1 is 1.03 bits per heavy atom. The summed E-state index contributed by atoms with van der Waals surface area (Å²) in [5.41, 5.74) is 1.38. The number of nitrogens with one attached hydrogen (secondary N) is 1. The molecule has 1 aromatic heterocycles. The van der Waals surface area contributed by atoms with E-state index >= 15 is 0 Å². The number of likely N-dealkylation sites (tertiary alicyclic amines) is 1. The summed E-state index contributed by atoms with van der Waals surface area (Å²) in [6, 6.07) is 13.0. The van der Waals surface area contributed by atoms with Gasteiger partial charge in [-0.3, -0.25) is 4.90 Å². The number of nitrogens with zero attached hydrogens (tertiary/aromatic N) is 4. The van der Waals surface area contributed by atoms with Gasteiger partial charge in [0.25, 0.3) is 0 Å².